The maximum atomic E-state index is 11.8. The van der Waals surface area contributed by atoms with E-state index in [1.165, 1.54) is 6.07 Å². The molecule has 0 aliphatic carbocycles. The highest BCUT2D eigenvalue weighted by Crippen LogP contribution is 2.37. The van der Waals surface area contributed by atoms with Gasteiger partial charge < -0.3 is 19.7 Å². The van der Waals surface area contributed by atoms with E-state index in [9.17, 15) is 9.90 Å². The zero-order valence-electron chi connectivity index (χ0n) is 16.1. The molecule has 1 aliphatic heterocycles. The number of hydrogen-bond acceptors (Lipinski definition) is 6. The van der Waals surface area contributed by atoms with Crippen molar-refractivity contribution in [3.8, 4) is 11.5 Å². The summed E-state index contributed by atoms with van der Waals surface area (Å²) in [5.74, 6) is 0.922. The molecule has 0 fully saturated rings. The van der Waals surface area contributed by atoms with E-state index in [4.69, 9.17) is 9.15 Å². The molecule has 1 aromatic heterocycles. The number of aromatic hydroxyl groups is 1. The number of ether oxygens (including phenoxy) is 1. The molecule has 1 unspecified atom stereocenters. The number of hydrogen-bond donors (Lipinski definition) is 2. The van der Waals surface area contributed by atoms with Gasteiger partial charge in [-0.2, -0.15) is 5.10 Å². The van der Waals surface area contributed by atoms with E-state index in [0.717, 1.165) is 28.2 Å². The molecule has 2 heterocycles. The Kier molecular flexibility index (Phi) is 4.55. The van der Waals surface area contributed by atoms with E-state index < -0.39 is 5.63 Å². The van der Waals surface area contributed by atoms with Gasteiger partial charge in [0.2, 0.25) is 0 Å². The van der Waals surface area contributed by atoms with E-state index in [-0.39, 0.29) is 11.8 Å². The Morgan fingerprint density at radius 1 is 1.29 bits per heavy atom. The van der Waals surface area contributed by atoms with E-state index in [2.05, 4.69) is 10.5 Å². The smallest absolute Gasteiger partial charge is 0.336 e. The number of fused-ring (bicyclic) bond motifs is 1. The van der Waals surface area contributed by atoms with Gasteiger partial charge in [-0.25, -0.2) is 4.79 Å². The molecule has 3 aromatic rings. The number of hydrazone groups is 1. The number of phenolic OH excluding ortho intramolecular Hbond substituents is 1. The van der Waals surface area contributed by atoms with Gasteiger partial charge in [0.15, 0.2) is 0 Å². The highest BCUT2D eigenvalue weighted by atomic mass is 16.5. The lowest BCUT2D eigenvalue weighted by molar-refractivity contribution is 0.414. The maximum Gasteiger partial charge on any atom is 0.336 e. The largest absolute Gasteiger partial charge is 0.506 e. The van der Waals surface area contributed by atoms with Crippen LogP contribution in [-0.4, -0.2) is 17.9 Å². The molecule has 28 heavy (non-hydrogen) atoms. The summed E-state index contributed by atoms with van der Waals surface area (Å²) in [6.45, 7) is 3.83. The molecule has 1 atom stereocenters. The van der Waals surface area contributed by atoms with Crippen LogP contribution in [-0.2, 0) is 6.42 Å². The van der Waals surface area contributed by atoms with E-state index in [1.807, 2.05) is 38.1 Å². The van der Waals surface area contributed by atoms with Crippen LogP contribution in [0.5, 0.6) is 11.5 Å². The molecule has 2 N–H and O–H groups in total. The molecule has 6 nitrogen and oxygen atoms in total. The molecule has 0 amide bonds. The van der Waals surface area contributed by atoms with Crippen molar-refractivity contribution in [2.24, 2.45) is 5.10 Å². The summed E-state index contributed by atoms with van der Waals surface area (Å²) in [7, 11) is 1.64. The average Bonchev–Trinajstić information content (AvgIpc) is 3.16. The lowest BCUT2D eigenvalue weighted by atomic mass is 9.93. The van der Waals surface area contributed by atoms with Gasteiger partial charge >= 0.3 is 5.63 Å². The zero-order valence-corrected chi connectivity index (χ0v) is 16.1. The second-order valence-corrected chi connectivity index (χ2v) is 6.95. The number of rotatable bonds is 4. The Bertz CT molecular complexity index is 1130. The fraction of sp³-hybridized carbons (Fsp3) is 0.273. The molecular weight excluding hydrogens is 356 g/mol. The Morgan fingerprint density at radius 3 is 2.71 bits per heavy atom. The number of phenols is 1. The van der Waals surface area contributed by atoms with Crippen LogP contribution in [0.25, 0.3) is 11.0 Å². The first-order valence-corrected chi connectivity index (χ1v) is 9.27. The first-order valence-electron chi connectivity index (χ1n) is 9.27. The summed E-state index contributed by atoms with van der Waals surface area (Å²) in [5.41, 5.74) is 7.32. The summed E-state index contributed by atoms with van der Waals surface area (Å²) < 4.78 is 10.5. The van der Waals surface area contributed by atoms with Gasteiger partial charge in [0.1, 0.15) is 17.1 Å². The van der Waals surface area contributed by atoms with Crippen molar-refractivity contribution < 1.29 is 14.3 Å². The lowest BCUT2D eigenvalue weighted by Gasteiger charge is -2.14. The minimum absolute atomic E-state index is 0.0229. The van der Waals surface area contributed by atoms with Gasteiger partial charge in [0, 0.05) is 18.1 Å². The Morgan fingerprint density at radius 2 is 2.04 bits per heavy atom. The highest BCUT2D eigenvalue weighted by Gasteiger charge is 2.26. The summed E-state index contributed by atoms with van der Waals surface area (Å²) in [6, 6.07) is 11.1. The third kappa shape index (κ3) is 3.01. The van der Waals surface area contributed by atoms with Gasteiger partial charge in [-0.15, -0.1) is 0 Å². The van der Waals surface area contributed by atoms with Crippen molar-refractivity contribution in [2.75, 3.05) is 7.11 Å². The first-order chi connectivity index (χ1) is 13.5. The minimum atomic E-state index is -0.407. The Labute approximate surface area is 162 Å². The van der Waals surface area contributed by atoms with Gasteiger partial charge in [-0.1, -0.05) is 19.1 Å². The van der Waals surface area contributed by atoms with Crippen LogP contribution < -0.4 is 15.8 Å². The first kappa shape index (κ1) is 18.1. The SMILES string of the molecule is CCc1cc(=O)oc2cc(C)c(C3=NNC(c4ccc(OC)cc4)C3)c(O)c12. The van der Waals surface area contributed by atoms with E-state index in [1.54, 1.807) is 13.2 Å². The second kappa shape index (κ2) is 7.03. The van der Waals surface area contributed by atoms with Crippen LogP contribution in [0.15, 0.2) is 50.7 Å². The average molecular weight is 378 g/mol. The van der Waals surface area contributed by atoms with Crippen LogP contribution in [0, 0.1) is 6.92 Å². The summed E-state index contributed by atoms with van der Waals surface area (Å²) >= 11 is 0. The van der Waals surface area contributed by atoms with Crippen molar-refractivity contribution in [1.82, 2.24) is 5.43 Å². The van der Waals surface area contributed by atoms with Gasteiger partial charge in [-0.3, -0.25) is 0 Å². The zero-order chi connectivity index (χ0) is 19.8. The van der Waals surface area contributed by atoms with Crippen molar-refractivity contribution >= 4 is 16.7 Å². The van der Waals surface area contributed by atoms with Crippen molar-refractivity contribution in [3.63, 3.8) is 0 Å². The number of methoxy groups -OCH3 is 1. The third-order valence-electron chi connectivity index (χ3n) is 5.23. The van der Waals surface area contributed by atoms with Crippen molar-refractivity contribution in [3.05, 3.63) is 69.1 Å². The quantitative estimate of drug-likeness (QED) is 0.675. The standard InChI is InChI=1S/C22H22N2O4/c1-4-13-10-19(25)28-18-9-12(2)20(22(26)21(13)18)17-11-16(23-24-17)14-5-7-15(27-3)8-6-14/h5-10,16,23,26H,4,11H2,1-3H3. The van der Waals surface area contributed by atoms with Crippen LogP contribution in [0.1, 0.15) is 41.6 Å². The number of benzene rings is 2. The molecule has 0 saturated heterocycles. The molecule has 0 radical (unpaired) electrons. The molecular formula is C22H22N2O4. The minimum Gasteiger partial charge on any atom is -0.506 e. The predicted molar refractivity (Wildman–Crippen MR) is 108 cm³/mol. The lowest BCUT2D eigenvalue weighted by Crippen LogP contribution is -2.10. The van der Waals surface area contributed by atoms with Gasteiger partial charge in [-0.05, 0) is 48.2 Å². The molecule has 4 rings (SSSR count). The van der Waals surface area contributed by atoms with E-state index in [0.29, 0.717) is 29.4 Å². The fourth-order valence-corrected chi connectivity index (χ4v) is 3.78. The molecule has 0 bridgehead atoms. The van der Waals surface area contributed by atoms with Crippen LogP contribution >= 0.6 is 0 Å². The van der Waals surface area contributed by atoms with E-state index >= 15 is 0 Å². The molecule has 0 spiro atoms. The Hall–Kier alpha value is -3.28. The highest BCUT2D eigenvalue weighted by molar-refractivity contribution is 6.09. The normalized spacial score (nSPS) is 16.1. The predicted octanol–water partition coefficient (Wildman–Crippen LogP) is 3.82. The van der Waals surface area contributed by atoms with Gasteiger partial charge in [0.25, 0.3) is 0 Å². The molecule has 144 valence electrons. The number of nitrogens with one attached hydrogen (secondary N) is 1. The van der Waals surface area contributed by atoms with Crippen molar-refractivity contribution in [2.45, 2.75) is 32.7 Å². The maximum absolute atomic E-state index is 11.8. The van der Waals surface area contributed by atoms with Crippen LogP contribution in [0.2, 0.25) is 0 Å². The van der Waals surface area contributed by atoms with Crippen LogP contribution in [0.3, 0.4) is 0 Å². The van der Waals surface area contributed by atoms with Crippen LogP contribution in [0.4, 0.5) is 0 Å². The number of nitrogens with zero attached hydrogens (tertiary/aromatic N) is 1. The summed E-state index contributed by atoms with van der Waals surface area (Å²) in [4.78, 5) is 11.8. The topological polar surface area (TPSA) is 84.1 Å². The van der Waals surface area contributed by atoms with Crippen molar-refractivity contribution in [1.29, 1.82) is 0 Å². The summed E-state index contributed by atoms with van der Waals surface area (Å²) in [6.07, 6.45) is 1.27. The number of aryl methyl sites for hydroxylation is 2. The monoisotopic (exact) mass is 378 g/mol. The molecule has 2 aromatic carbocycles. The molecule has 1 aliphatic rings. The second-order valence-electron chi connectivity index (χ2n) is 6.95. The third-order valence-corrected chi connectivity index (χ3v) is 5.23. The molecule has 0 saturated carbocycles. The Balaban J connectivity index is 1.73. The fourth-order valence-electron chi connectivity index (χ4n) is 3.78. The summed E-state index contributed by atoms with van der Waals surface area (Å²) in [5, 5.41) is 16.1. The van der Waals surface area contributed by atoms with Gasteiger partial charge in [0.05, 0.1) is 24.2 Å². The molecule has 6 heteroatoms.